The van der Waals surface area contributed by atoms with Gasteiger partial charge in [-0.2, -0.15) is 0 Å². The lowest BCUT2D eigenvalue weighted by atomic mass is 10.1. The van der Waals surface area contributed by atoms with Crippen LogP contribution in [0, 0.1) is 13.8 Å². The average molecular weight is 375 g/mol. The third kappa shape index (κ3) is 3.64. The standard InChI is InChI=1S/C22H21N3OS/c1-14-15(2)27-22-20(14)21(23-17-9-11-18(26-3)12-10-17)24-19(25-22)13-16-7-5-4-6-8-16/h4-12H,13H2,1-3H3,(H,23,24,25). The quantitative estimate of drug-likeness (QED) is 0.489. The van der Waals surface area contributed by atoms with Crippen molar-refractivity contribution in [3.8, 4) is 5.75 Å². The predicted molar refractivity (Wildman–Crippen MR) is 112 cm³/mol. The Morgan fingerprint density at radius 1 is 0.963 bits per heavy atom. The Morgan fingerprint density at radius 3 is 2.41 bits per heavy atom. The molecule has 2 heterocycles. The van der Waals surface area contributed by atoms with Gasteiger partial charge in [0.05, 0.1) is 12.5 Å². The monoisotopic (exact) mass is 375 g/mol. The number of hydrogen-bond acceptors (Lipinski definition) is 5. The zero-order chi connectivity index (χ0) is 18.8. The van der Waals surface area contributed by atoms with E-state index in [1.165, 1.54) is 16.0 Å². The summed E-state index contributed by atoms with van der Waals surface area (Å²) in [5.74, 6) is 2.52. The number of nitrogens with one attached hydrogen (secondary N) is 1. The summed E-state index contributed by atoms with van der Waals surface area (Å²) in [5, 5.41) is 4.58. The number of nitrogens with zero attached hydrogens (tertiary/aromatic N) is 2. The molecular weight excluding hydrogens is 354 g/mol. The lowest BCUT2D eigenvalue weighted by Crippen LogP contribution is -2.02. The molecule has 0 saturated heterocycles. The number of ether oxygens (including phenoxy) is 1. The van der Waals surface area contributed by atoms with Gasteiger partial charge < -0.3 is 10.1 Å². The normalized spacial score (nSPS) is 10.9. The first-order chi connectivity index (χ1) is 13.1. The lowest BCUT2D eigenvalue weighted by Gasteiger charge is -2.10. The van der Waals surface area contributed by atoms with Crippen LogP contribution in [0.1, 0.15) is 21.8 Å². The van der Waals surface area contributed by atoms with Crippen LogP contribution in [-0.2, 0) is 6.42 Å². The maximum absolute atomic E-state index is 5.25. The molecule has 0 spiro atoms. The van der Waals surface area contributed by atoms with Gasteiger partial charge in [0.2, 0.25) is 0 Å². The number of rotatable bonds is 5. The van der Waals surface area contributed by atoms with Crippen molar-refractivity contribution < 1.29 is 4.74 Å². The zero-order valence-electron chi connectivity index (χ0n) is 15.6. The number of anilines is 2. The van der Waals surface area contributed by atoms with Gasteiger partial charge in [0, 0.05) is 17.0 Å². The number of benzene rings is 2. The van der Waals surface area contributed by atoms with E-state index in [0.717, 1.165) is 33.3 Å². The molecule has 0 aliphatic heterocycles. The van der Waals surface area contributed by atoms with Crippen LogP contribution in [-0.4, -0.2) is 17.1 Å². The van der Waals surface area contributed by atoms with Crippen molar-refractivity contribution in [2.45, 2.75) is 20.3 Å². The maximum Gasteiger partial charge on any atom is 0.143 e. The zero-order valence-corrected chi connectivity index (χ0v) is 16.4. The van der Waals surface area contributed by atoms with Crippen molar-refractivity contribution in [1.82, 2.24) is 9.97 Å². The van der Waals surface area contributed by atoms with Crippen molar-refractivity contribution in [1.29, 1.82) is 0 Å². The smallest absolute Gasteiger partial charge is 0.143 e. The molecule has 4 nitrogen and oxygen atoms in total. The van der Waals surface area contributed by atoms with Gasteiger partial charge in [0.1, 0.15) is 22.2 Å². The number of aryl methyl sites for hydroxylation is 2. The van der Waals surface area contributed by atoms with Crippen LogP contribution in [0.4, 0.5) is 11.5 Å². The minimum atomic E-state index is 0.712. The molecule has 0 amide bonds. The second-order valence-corrected chi connectivity index (χ2v) is 7.67. The van der Waals surface area contributed by atoms with E-state index in [0.29, 0.717) is 6.42 Å². The fourth-order valence-electron chi connectivity index (χ4n) is 3.05. The van der Waals surface area contributed by atoms with Gasteiger partial charge in [0.25, 0.3) is 0 Å². The molecule has 5 heteroatoms. The van der Waals surface area contributed by atoms with E-state index in [1.54, 1.807) is 18.4 Å². The molecule has 27 heavy (non-hydrogen) atoms. The molecule has 2 aromatic carbocycles. The minimum absolute atomic E-state index is 0.712. The number of aromatic nitrogens is 2. The van der Waals surface area contributed by atoms with Crippen LogP contribution in [0.2, 0.25) is 0 Å². The number of hydrogen-bond donors (Lipinski definition) is 1. The molecule has 0 radical (unpaired) electrons. The Kier molecular flexibility index (Phi) is 4.77. The average Bonchev–Trinajstić information content (AvgIpc) is 2.97. The van der Waals surface area contributed by atoms with E-state index in [2.05, 4.69) is 31.3 Å². The maximum atomic E-state index is 5.25. The Hall–Kier alpha value is -2.92. The largest absolute Gasteiger partial charge is 0.497 e. The Bertz CT molecular complexity index is 1070. The summed E-state index contributed by atoms with van der Waals surface area (Å²) in [6, 6.07) is 18.2. The van der Waals surface area contributed by atoms with Gasteiger partial charge in [-0.15, -0.1) is 11.3 Å². The van der Waals surface area contributed by atoms with Crippen molar-refractivity contribution >= 4 is 33.1 Å². The Morgan fingerprint density at radius 2 is 1.70 bits per heavy atom. The van der Waals surface area contributed by atoms with Crippen LogP contribution in [0.25, 0.3) is 10.2 Å². The van der Waals surface area contributed by atoms with Crippen molar-refractivity contribution in [2.24, 2.45) is 0 Å². The number of methoxy groups -OCH3 is 1. The van der Waals surface area contributed by atoms with Crippen LogP contribution < -0.4 is 10.1 Å². The highest BCUT2D eigenvalue weighted by molar-refractivity contribution is 7.18. The van der Waals surface area contributed by atoms with E-state index in [4.69, 9.17) is 14.7 Å². The third-order valence-corrected chi connectivity index (χ3v) is 5.73. The van der Waals surface area contributed by atoms with Crippen molar-refractivity contribution in [3.05, 3.63) is 76.4 Å². The molecule has 0 bridgehead atoms. The first-order valence-corrected chi connectivity index (χ1v) is 9.67. The highest BCUT2D eigenvalue weighted by Crippen LogP contribution is 2.35. The van der Waals surface area contributed by atoms with Gasteiger partial charge >= 0.3 is 0 Å². The molecule has 0 saturated carbocycles. The van der Waals surface area contributed by atoms with Crippen LogP contribution in [0.15, 0.2) is 54.6 Å². The summed E-state index contributed by atoms with van der Waals surface area (Å²) >= 11 is 1.72. The van der Waals surface area contributed by atoms with Crippen LogP contribution >= 0.6 is 11.3 Å². The van der Waals surface area contributed by atoms with E-state index < -0.39 is 0 Å². The lowest BCUT2D eigenvalue weighted by molar-refractivity contribution is 0.415. The molecule has 0 fully saturated rings. The van der Waals surface area contributed by atoms with Crippen molar-refractivity contribution in [3.63, 3.8) is 0 Å². The van der Waals surface area contributed by atoms with E-state index in [9.17, 15) is 0 Å². The molecule has 4 aromatic rings. The first kappa shape index (κ1) is 17.5. The number of thiophene rings is 1. The fraction of sp³-hybridized carbons (Fsp3) is 0.182. The molecule has 0 aliphatic carbocycles. The van der Waals surface area contributed by atoms with Gasteiger partial charge in [-0.25, -0.2) is 9.97 Å². The SMILES string of the molecule is COc1ccc(Nc2nc(Cc3ccccc3)nc3sc(C)c(C)c23)cc1. The highest BCUT2D eigenvalue weighted by atomic mass is 32.1. The van der Waals surface area contributed by atoms with Crippen LogP contribution in [0.5, 0.6) is 5.75 Å². The summed E-state index contributed by atoms with van der Waals surface area (Å²) in [6.07, 6.45) is 0.712. The van der Waals surface area contributed by atoms with Crippen LogP contribution in [0.3, 0.4) is 0 Å². The summed E-state index contributed by atoms with van der Waals surface area (Å²) in [6.45, 7) is 4.27. The minimum Gasteiger partial charge on any atom is -0.497 e. The molecule has 0 aliphatic rings. The summed E-state index contributed by atoms with van der Waals surface area (Å²) < 4.78 is 5.25. The fourth-order valence-corrected chi connectivity index (χ4v) is 4.10. The number of fused-ring (bicyclic) bond motifs is 1. The van der Waals surface area contributed by atoms with Gasteiger partial charge in [0.15, 0.2) is 0 Å². The first-order valence-electron chi connectivity index (χ1n) is 8.85. The van der Waals surface area contributed by atoms with E-state index in [-0.39, 0.29) is 0 Å². The predicted octanol–water partition coefficient (Wildman–Crippen LogP) is 5.65. The highest BCUT2D eigenvalue weighted by Gasteiger charge is 2.15. The Balaban J connectivity index is 1.76. The molecule has 0 unspecified atom stereocenters. The van der Waals surface area contributed by atoms with Gasteiger partial charge in [-0.05, 0) is 49.2 Å². The molecule has 2 aromatic heterocycles. The summed E-state index contributed by atoms with van der Waals surface area (Å²) in [7, 11) is 1.67. The van der Waals surface area contributed by atoms with Gasteiger partial charge in [-0.3, -0.25) is 0 Å². The summed E-state index contributed by atoms with van der Waals surface area (Å²) in [5.41, 5.74) is 3.42. The van der Waals surface area contributed by atoms with Gasteiger partial charge in [-0.1, -0.05) is 30.3 Å². The molecular formula is C22H21N3OS. The topological polar surface area (TPSA) is 47.0 Å². The third-order valence-electron chi connectivity index (χ3n) is 4.63. The molecule has 4 rings (SSSR count). The van der Waals surface area contributed by atoms with E-state index >= 15 is 0 Å². The van der Waals surface area contributed by atoms with Crippen molar-refractivity contribution in [2.75, 3.05) is 12.4 Å². The molecule has 0 atom stereocenters. The Labute approximate surface area is 162 Å². The molecule has 136 valence electrons. The molecule has 1 N–H and O–H groups in total. The van der Waals surface area contributed by atoms with E-state index in [1.807, 2.05) is 42.5 Å². The second-order valence-electron chi connectivity index (χ2n) is 6.47. The second kappa shape index (κ2) is 7.37. The summed E-state index contributed by atoms with van der Waals surface area (Å²) in [4.78, 5) is 12.0.